The van der Waals surface area contributed by atoms with Crippen molar-refractivity contribution < 1.29 is 4.79 Å². The molecule has 0 aromatic heterocycles. The van der Waals surface area contributed by atoms with Gasteiger partial charge in [-0.1, -0.05) is 0 Å². The van der Waals surface area contributed by atoms with Crippen LogP contribution in [-0.4, -0.2) is 48.9 Å². The number of nitrogens with one attached hydrogen (secondary N) is 1. The first-order valence-corrected chi connectivity index (χ1v) is 5.75. The van der Waals surface area contributed by atoms with E-state index in [0.29, 0.717) is 5.56 Å². The Kier molecular flexibility index (Phi) is 3.61. The monoisotopic (exact) mass is 234 g/mol. The van der Waals surface area contributed by atoms with Gasteiger partial charge in [0.1, 0.15) is 0 Å². The number of rotatable bonds is 2. The Bertz CT molecular complexity index is 382. The summed E-state index contributed by atoms with van der Waals surface area (Å²) in [4.78, 5) is 16.3. The molecule has 92 valence electrons. The van der Waals surface area contributed by atoms with E-state index in [1.54, 1.807) is 12.1 Å². The maximum absolute atomic E-state index is 12.2. The third kappa shape index (κ3) is 2.75. The Hall–Kier alpha value is -1.59. The number of hydrogen-bond donors (Lipinski definition) is 2. The number of benzene rings is 1. The van der Waals surface area contributed by atoms with E-state index < -0.39 is 0 Å². The number of anilines is 1. The molecule has 1 amide bonds. The Labute approximate surface area is 101 Å². The summed E-state index contributed by atoms with van der Waals surface area (Å²) in [7, 11) is 2.07. The van der Waals surface area contributed by atoms with Crippen molar-refractivity contribution in [1.29, 1.82) is 0 Å². The highest BCUT2D eigenvalue weighted by molar-refractivity contribution is 5.94. The van der Waals surface area contributed by atoms with Crippen molar-refractivity contribution in [2.75, 3.05) is 38.7 Å². The van der Waals surface area contributed by atoms with Crippen LogP contribution in [0.4, 0.5) is 5.69 Å². The van der Waals surface area contributed by atoms with E-state index in [9.17, 15) is 4.79 Å². The Morgan fingerprint density at radius 1 is 1.18 bits per heavy atom. The molecule has 2 rings (SSSR count). The molecule has 3 N–H and O–H groups in total. The smallest absolute Gasteiger partial charge is 0.253 e. The maximum Gasteiger partial charge on any atom is 0.253 e. The summed E-state index contributed by atoms with van der Waals surface area (Å²) < 4.78 is 0. The molecule has 0 radical (unpaired) electrons. The molecule has 1 aliphatic rings. The van der Waals surface area contributed by atoms with Gasteiger partial charge in [0.05, 0.1) is 0 Å². The van der Waals surface area contributed by atoms with E-state index in [1.165, 1.54) is 0 Å². The predicted molar refractivity (Wildman–Crippen MR) is 67.7 cm³/mol. The Balaban J connectivity index is 2.03. The second kappa shape index (κ2) is 5.16. The number of carbonyl (C=O) groups excluding carboxylic acids is 1. The second-order valence-electron chi connectivity index (χ2n) is 4.32. The lowest BCUT2D eigenvalue weighted by Crippen LogP contribution is -2.47. The summed E-state index contributed by atoms with van der Waals surface area (Å²) in [5.41, 5.74) is 4.07. The molecule has 5 heteroatoms. The molecule has 0 unspecified atom stereocenters. The molecule has 0 atom stereocenters. The molecular formula is C12H18N4O. The lowest BCUT2D eigenvalue weighted by Gasteiger charge is -2.32. The number of carbonyl (C=O) groups is 1. The average molecular weight is 234 g/mol. The minimum atomic E-state index is 0.0988. The molecule has 0 saturated carbocycles. The van der Waals surface area contributed by atoms with Gasteiger partial charge in [-0.2, -0.15) is 0 Å². The van der Waals surface area contributed by atoms with E-state index in [0.717, 1.165) is 31.9 Å². The van der Waals surface area contributed by atoms with Crippen LogP contribution in [0.5, 0.6) is 0 Å². The zero-order valence-corrected chi connectivity index (χ0v) is 10.0. The lowest BCUT2D eigenvalue weighted by atomic mass is 10.1. The van der Waals surface area contributed by atoms with Gasteiger partial charge in [0.2, 0.25) is 0 Å². The molecule has 1 fully saturated rings. The maximum atomic E-state index is 12.2. The van der Waals surface area contributed by atoms with Crippen molar-refractivity contribution in [3.05, 3.63) is 29.8 Å². The van der Waals surface area contributed by atoms with Crippen LogP contribution in [0.15, 0.2) is 24.3 Å². The van der Waals surface area contributed by atoms with Gasteiger partial charge < -0.3 is 15.2 Å². The summed E-state index contributed by atoms with van der Waals surface area (Å²) in [6.07, 6.45) is 0. The summed E-state index contributed by atoms with van der Waals surface area (Å²) in [5.74, 6) is 5.38. The van der Waals surface area contributed by atoms with E-state index in [4.69, 9.17) is 5.84 Å². The van der Waals surface area contributed by atoms with Gasteiger partial charge in [0.25, 0.3) is 5.91 Å². The highest BCUT2D eigenvalue weighted by Gasteiger charge is 2.19. The SMILES string of the molecule is CN1CCN(C(=O)c2ccc(NN)cc2)CC1. The molecule has 0 spiro atoms. The van der Waals surface area contributed by atoms with Crippen molar-refractivity contribution in [3.63, 3.8) is 0 Å². The molecule has 1 heterocycles. The molecular weight excluding hydrogens is 216 g/mol. The largest absolute Gasteiger partial charge is 0.336 e. The third-order valence-electron chi connectivity index (χ3n) is 3.09. The Morgan fingerprint density at radius 3 is 2.29 bits per heavy atom. The predicted octanol–water partition coefficient (Wildman–Crippen LogP) is 0.360. The second-order valence-corrected chi connectivity index (χ2v) is 4.32. The highest BCUT2D eigenvalue weighted by Crippen LogP contribution is 2.11. The quantitative estimate of drug-likeness (QED) is 0.573. The number of hydrazine groups is 1. The van der Waals surface area contributed by atoms with Gasteiger partial charge in [0.15, 0.2) is 0 Å². The van der Waals surface area contributed by atoms with Crippen molar-refractivity contribution in [2.24, 2.45) is 5.84 Å². The number of nitrogen functional groups attached to an aromatic ring is 1. The minimum Gasteiger partial charge on any atom is -0.336 e. The van der Waals surface area contributed by atoms with Crippen molar-refractivity contribution in [2.45, 2.75) is 0 Å². The third-order valence-corrected chi connectivity index (χ3v) is 3.09. The summed E-state index contributed by atoms with van der Waals surface area (Å²) in [5, 5.41) is 0. The lowest BCUT2D eigenvalue weighted by molar-refractivity contribution is 0.0664. The minimum absolute atomic E-state index is 0.0988. The normalized spacial score (nSPS) is 16.9. The van der Waals surface area contributed by atoms with Gasteiger partial charge >= 0.3 is 0 Å². The first-order chi connectivity index (χ1) is 8.20. The fourth-order valence-corrected chi connectivity index (χ4v) is 1.90. The number of piperazine rings is 1. The van der Waals surface area contributed by atoms with Crippen LogP contribution in [0.3, 0.4) is 0 Å². The van der Waals surface area contributed by atoms with Crippen LogP contribution in [0.25, 0.3) is 0 Å². The van der Waals surface area contributed by atoms with E-state index in [1.807, 2.05) is 17.0 Å². The van der Waals surface area contributed by atoms with Gasteiger partial charge in [-0.05, 0) is 31.3 Å². The van der Waals surface area contributed by atoms with E-state index in [2.05, 4.69) is 17.4 Å². The molecule has 1 saturated heterocycles. The Morgan fingerprint density at radius 2 is 1.76 bits per heavy atom. The number of amides is 1. The highest BCUT2D eigenvalue weighted by atomic mass is 16.2. The van der Waals surface area contributed by atoms with E-state index >= 15 is 0 Å². The summed E-state index contributed by atoms with van der Waals surface area (Å²) >= 11 is 0. The van der Waals surface area contributed by atoms with Gasteiger partial charge in [-0.25, -0.2) is 0 Å². The van der Waals surface area contributed by atoms with Crippen molar-refractivity contribution in [1.82, 2.24) is 9.80 Å². The zero-order valence-electron chi connectivity index (χ0n) is 10.0. The van der Waals surface area contributed by atoms with Gasteiger partial charge in [0, 0.05) is 37.4 Å². The molecule has 0 bridgehead atoms. The molecule has 17 heavy (non-hydrogen) atoms. The number of nitrogens with two attached hydrogens (primary N) is 1. The fourth-order valence-electron chi connectivity index (χ4n) is 1.90. The first-order valence-electron chi connectivity index (χ1n) is 5.75. The number of likely N-dealkylation sites (N-methyl/N-ethyl adjacent to an activating group) is 1. The van der Waals surface area contributed by atoms with E-state index in [-0.39, 0.29) is 5.91 Å². The van der Waals surface area contributed by atoms with Gasteiger partial charge in [-0.15, -0.1) is 0 Å². The molecule has 1 aromatic carbocycles. The number of nitrogens with zero attached hydrogens (tertiary/aromatic N) is 2. The topological polar surface area (TPSA) is 61.6 Å². The van der Waals surface area contributed by atoms with Crippen LogP contribution >= 0.6 is 0 Å². The van der Waals surface area contributed by atoms with Crippen LogP contribution in [-0.2, 0) is 0 Å². The van der Waals surface area contributed by atoms with Crippen molar-refractivity contribution >= 4 is 11.6 Å². The first kappa shape index (κ1) is 11.9. The van der Waals surface area contributed by atoms with Crippen LogP contribution in [0.2, 0.25) is 0 Å². The standard InChI is InChI=1S/C12H18N4O/c1-15-6-8-16(9-7-15)12(17)10-2-4-11(14-13)5-3-10/h2-5,14H,6-9,13H2,1H3. The fraction of sp³-hybridized carbons (Fsp3) is 0.417. The summed E-state index contributed by atoms with van der Waals surface area (Å²) in [6.45, 7) is 3.47. The molecule has 1 aliphatic heterocycles. The van der Waals surface area contributed by atoms with Crippen LogP contribution < -0.4 is 11.3 Å². The summed E-state index contributed by atoms with van der Waals surface area (Å²) in [6, 6.07) is 7.22. The van der Waals surface area contributed by atoms with Crippen LogP contribution in [0, 0.1) is 0 Å². The average Bonchev–Trinajstić information content (AvgIpc) is 2.39. The van der Waals surface area contributed by atoms with Crippen LogP contribution in [0.1, 0.15) is 10.4 Å². The zero-order chi connectivity index (χ0) is 12.3. The van der Waals surface area contributed by atoms with Crippen molar-refractivity contribution in [3.8, 4) is 0 Å². The molecule has 5 nitrogen and oxygen atoms in total. The molecule has 1 aromatic rings. The molecule has 0 aliphatic carbocycles. The number of hydrogen-bond acceptors (Lipinski definition) is 4. The van der Waals surface area contributed by atoms with Gasteiger partial charge in [-0.3, -0.25) is 10.6 Å².